The van der Waals surface area contributed by atoms with Crippen LogP contribution in [0.25, 0.3) is 0 Å². The van der Waals surface area contributed by atoms with Gasteiger partial charge in [0.05, 0.1) is 0 Å². The summed E-state index contributed by atoms with van der Waals surface area (Å²) in [5.74, 6) is -0.693. The Morgan fingerprint density at radius 3 is 2.72 bits per heavy atom. The SMILES string of the molecule is O=C(O)c1cnc(Cc2cccc(Cl)c2)nc1Cl. The lowest BCUT2D eigenvalue weighted by Crippen LogP contribution is -2.04. The highest BCUT2D eigenvalue weighted by Crippen LogP contribution is 2.16. The second kappa shape index (κ2) is 5.33. The molecule has 0 atom stereocenters. The van der Waals surface area contributed by atoms with E-state index in [-0.39, 0.29) is 10.7 Å². The van der Waals surface area contributed by atoms with Gasteiger partial charge in [-0.3, -0.25) is 0 Å². The van der Waals surface area contributed by atoms with Gasteiger partial charge in [0.15, 0.2) is 0 Å². The fourth-order valence-corrected chi connectivity index (χ4v) is 1.89. The van der Waals surface area contributed by atoms with E-state index < -0.39 is 5.97 Å². The number of carboxylic acid groups (broad SMARTS) is 1. The number of benzene rings is 1. The number of aromatic carboxylic acids is 1. The zero-order valence-electron chi connectivity index (χ0n) is 9.10. The molecule has 2 aromatic rings. The standard InChI is InChI=1S/C12H8Cl2N2O2/c13-8-3-1-2-7(4-8)5-10-15-6-9(12(17)18)11(14)16-10/h1-4,6H,5H2,(H,17,18). The van der Waals surface area contributed by atoms with E-state index in [9.17, 15) is 4.79 Å². The Labute approximate surface area is 113 Å². The summed E-state index contributed by atoms with van der Waals surface area (Å²) in [6.45, 7) is 0. The average Bonchev–Trinajstić information content (AvgIpc) is 2.28. The molecule has 0 amide bonds. The Kier molecular flexibility index (Phi) is 3.79. The van der Waals surface area contributed by atoms with Crippen LogP contribution in [0.4, 0.5) is 0 Å². The zero-order chi connectivity index (χ0) is 13.1. The van der Waals surface area contributed by atoms with Gasteiger partial charge in [-0.2, -0.15) is 0 Å². The summed E-state index contributed by atoms with van der Waals surface area (Å²) in [5, 5.41) is 9.37. The maximum absolute atomic E-state index is 10.8. The second-order valence-electron chi connectivity index (χ2n) is 3.60. The third-order valence-electron chi connectivity index (χ3n) is 2.27. The maximum Gasteiger partial charge on any atom is 0.340 e. The molecular formula is C12H8Cl2N2O2. The molecule has 0 aliphatic heterocycles. The number of carbonyl (C=O) groups is 1. The number of aromatic nitrogens is 2. The van der Waals surface area contributed by atoms with Crippen molar-refractivity contribution >= 4 is 29.2 Å². The first-order valence-corrected chi connectivity index (χ1v) is 5.81. The summed E-state index contributed by atoms with van der Waals surface area (Å²) < 4.78 is 0. The molecule has 6 heteroatoms. The molecule has 0 spiro atoms. The molecule has 0 aliphatic rings. The smallest absolute Gasteiger partial charge is 0.340 e. The van der Waals surface area contributed by atoms with Gasteiger partial charge >= 0.3 is 5.97 Å². The molecular weight excluding hydrogens is 275 g/mol. The Balaban J connectivity index is 2.25. The third-order valence-corrected chi connectivity index (χ3v) is 2.80. The van der Waals surface area contributed by atoms with Crippen LogP contribution in [0.2, 0.25) is 10.2 Å². The molecule has 0 saturated carbocycles. The molecule has 0 unspecified atom stereocenters. The van der Waals surface area contributed by atoms with E-state index in [1.807, 2.05) is 12.1 Å². The molecule has 18 heavy (non-hydrogen) atoms. The van der Waals surface area contributed by atoms with E-state index in [2.05, 4.69) is 9.97 Å². The first kappa shape index (κ1) is 12.8. The van der Waals surface area contributed by atoms with Crippen LogP contribution < -0.4 is 0 Å². The molecule has 1 heterocycles. The minimum atomic E-state index is -1.14. The first-order chi connectivity index (χ1) is 8.56. The molecule has 1 aromatic heterocycles. The minimum Gasteiger partial charge on any atom is -0.478 e. The van der Waals surface area contributed by atoms with Crippen LogP contribution in [0.3, 0.4) is 0 Å². The van der Waals surface area contributed by atoms with Crippen molar-refractivity contribution in [2.24, 2.45) is 0 Å². The number of carboxylic acids is 1. The topological polar surface area (TPSA) is 63.1 Å². The van der Waals surface area contributed by atoms with Gasteiger partial charge in [0, 0.05) is 17.6 Å². The van der Waals surface area contributed by atoms with Gasteiger partial charge in [-0.05, 0) is 17.7 Å². The molecule has 0 saturated heterocycles. The van der Waals surface area contributed by atoms with Gasteiger partial charge in [0.1, 0.15) is 16.5 Å². The second-order valence-corrected chi connectivity index (χ2v) is 4.40. The molecule has 0 radical (unpaired) electrons. The van der Waals surface area contributed by atoms with E-state index in [1.165, 1.54) is 6.20 Å². The van der Waals surface area contributed by atoms with E-state index in [4.69, 9.17) is 28.3 Å². The van der Waals surface area contributed by atoms with E-state index >= 15 is 0 Å². The van der Waals surface area contributed by atoms with Gasteiger partial charge in [-0.1, -0.05) is 35.3 Å². The quantitative estimate of drug-likeness (QED) is 0.879. The summed E-state index contributed by atoms with van der Waals surface area (Å²) in [6, 6.07) is 7.27. The normalized spacial score (nSPS) is 10.3. The van der Waals surface area contributed by atoms with Gasteiger partial charge in [-0.15, -0.1) is 0 Å². The molecule has 0 bridgehead atoms. The molecule has 2 rings (SSSR count). The number of nitrogens with zero attached hydrogens (tertiary/aromatic N) is 2. The number of hydrogen-bond acceptors (Lipinski definition) is 3. The van der Waals surface area contributed by atoms with Crippen LogP contribution in [0, 0.1) is 0 Å². The lowest BCUT2D eigenvalue weighted by molar-refractivity contribution is 0.0696. The third kappa shape index (κ3) is 2.97. The number of hydrogen-bond donors (Lipinski definition) is 1. The highest BCUT2D eigenvalue weighted by molar-refractivity contribution is 6.32. The van der Waals surface area contributed by atoms with Crippen molar-refractivity contribution in [3.63, 3.8) is 0 Å². The molecule has 1 N–H and O–H groups in total. The summed E-state index contributed by atoms with van der Waals surface area (Å²) in [4.78, 5) is 18.7. The van der Waals surface area contributed by atoms with Crippen molar-refractivity contribution in [1.82, 2.24) is 9.97 Å². The fraction of sp³-hybridized carbons (Fsp3) is 0.0833. The van der Waals surface area contributed by atoms with Crippen molar-refractivity contribution < 1.29 is 9.90 Å². The number of rotatable bonds is 3. The molecule has 0 aliphatic carbocycles. The predicted molar refractivity (Wildman–Crippen MR) is 68.3 cm³/mol. The zero-order valence-corrected chi connectivity index (χ0v) is 10.6. The largest absolute Gasteiger partial charge is 0.478 e. The maximum atomic E-state index is 10.8. The molecule has 4 nitrogen and oxygen atoms in total. The lowest BCUT2D eigenvalue weighted by atomic mass is 10.1. The van der Waals surface area contributed by atoms with Crippen LogP contribution in [0.5, 0.6) is 0 Å². The Bertz CT molecular complexity index is 602. The molecule has 0 fully saturated rings. The van der Waals surface area contributed by atoms with Crippen molar-refractivity contribution in [2.75, 3.05) is 0 Å². The summed E-state index contributed by atoms with van der Waals surface area (Å²) >= 11 is 11.6. The van der Waals surface area contributed by atoms with Crippen molar-refractivity contribution in [1.29, 1.82) is 0 Å². The summed E-state index contributed by atoms with van der Waals surface area (Å²) in [5.41, 5.74) is 0.827. The van der Waals surface area contributed by atoms with Crippen LogP contribution >= 0.6 is 23.2 Å². The minimum absolute atomic E-state index is 0.0606. The van der Waals surface area contributed by atoms with E-state index in [1.54, 1.807) is 12.1 Å². The van der Waals surface area contributed by atoms with Crippen LogP contribution in [0.15, 0.2) is 30.5 Å². The Hall–Kier alpha value is -1.65. The van der Waals surface area contributed by atoms with E-state index in [0.29, 0.717) is 17.3 Å². The summed E-state index contributed by atoms with van der Waals surface area (Å²) in [6.07, 6.45) is 1.65. The molecule has 92 valence electrons. The fourth-order valence-electron chi connectivity index (χ4n) is 1.45. The highest BCUT2D eigenvalue weighted by atomic mass is 35.5. The molecule has 1 aromatic carbocycles. The van der Waals surface area contributed by atoms with Crippen molar-refractivity contribution in [2.45, 2.75) is 6.42 Å². The van der Waals surface area contributed by atoms with E-state index in [0.717, 1.165) is 5.56 Å². The summed E-state index contributed by atoms with van der Waals surface area (Å²) in [7, 11) is 0. The highest BCUT2D eigenvalue weighted by Gasteiger charge is 2.11. The van der Waals surface area contributed by atoms with Crippen LogP contribution in [-0.4, -0.2) is 21.0 Å². The average molecular weight is 283 g/mol. The van der Waals surface area contributed by atoms with Crippen molar-refractivity contribution in [3.8, 4) is 0 Å². The predicted octanol–water partition coefficient (Wildman–Crippen LogP) is 3.07. The lowest BCUT2D eigenvalue weighted by Gasteiger charge is -2.03. The first-order valence-electron chi connectivity index (χ1n) is 5.05. The van der Waals surface area contributed by atoms with Crippen LogP contribution in [-0.2, 0) is 6.42 Å². The van der Waals surface area contributed by atoms with Crippen molar-refractivity contribution in [3.05, 3.63) is 57.6 Å². The Morgan fingerprint density at radius 2 is 2.11 bits per heavy atom. The van der Waals surface area contributed by atoms with Gasteiger partial charge in [0.25, 0.3) is 0 Å². The van der Waals surface area contributed by atoms with Gasteiger partial charge in [0.2, 0.25) is 0 Å². The van der Waals surface area contributed by atoms with Gasteiger partial charge in [-0.25, -0.2) is 14.8 Å². The Morgan fingerprint density at radius 1 is 1.33 bits per heavy atom. The van der Waals surface area contributed by atoms with Crippen LogP contribution in [0.1, 0.15) is 21.7 Å². The monoisotopic (exact) mass is 282 g/mol. The number of halogens is 2. The van der Waals surface area contributed by atoms with Gasteiger partial charge < -0.3 is 5.11 Å².